The summed E-state index contributed by atoms with van der Waals surface area (Å²) in [5.41, 5.74) is 2.94. The molecular weight excluding hydrogens is 584 g/mol. The van der Waals surface area contributed by atoms with E-state index in [9.17, 15) is 19.7 Å². The number of nitrogens with one attached hydrogen (secondary N) is 2. The van der Waals surface area contributed by atoms with Gasteiger partial charge in [-0.2, -0.15) is 0 Å². The molecule has 2 aliphatic rings. The van der Waals surface area contributed by atoms with Gasteiger partial charge in [0, 0.05) is 68.2 Å². The van der Waals surface area contributed by atoms with Crippen molar-refractivity contribution < 1.29 is 23.7 Å². The van der Waals surface area contributed by atoms with Crippen LogP contribution in [0.5, 0.6) is 0 Å². The predicted octanol–water partition coefficient (Wildman–Crippen LogP) is 4.27. The van der Waals surface area contributed by atoms with Crippen LogP contribution in [-0.2, 0) is 4.74 Å². The maximum absolute atomic E-state index is 13.2. The van der Waals surface area contributed by atoms with Crippen LogP contribution in [0.3, 0.4) is 0 Å². The van der Waals surface area contributed by atoms with Crippen LogP contribution in [-0.4, -0.2) is 79.2 Å². The van der Waals surface area contributed by atoms with Gasteiger partial charge in [-0.05, 0) is 54.7 Å². The number of benzene rings is 3. The molecule has 2 N–H and O–H groups in total. The fourth-order valence-corrected chi connectivity index (χ4v) is 5.61. The second-order valence-electron chi connectivity index (χ2n) is 10.4. The number of non-ortho nitro benzene ring substituents is 1. The number of thiocarbonyl (C=S) groups is 1. The van der Waals surface area contributed by atoms with Gasteiger partial charge in [0.1, 0.15) is 5.58 Å². The molecule has 2 amide bonds. The fourth-order valence-electron chi connectivity index (χ4n) is 5.40. The highest BCUT2D eigenvalue weighted by Crippen LogP contribution is 2.27. The Morgan fingerprint density at radius 2 is 1.59 bits per heavy atom. The van der Waals surface area contributed by atoms with Gasteiger partial charge in [-0.1, -0.05) is 18.2 Å². The number of nitro groups is 1. The summed E-state index contributed by atoms with van der Waals surface area (Å²) >= 11 is 5.39. The zero-order valence-electron chi connectivity index (χ0n) is 23.7. The molecule has 2 saturated heterocycles. The Labute approximate surface area is 258 Å². The van der Waals surface area contributed by atoms with Crippen LogP contribution in [0.4, 0.5) is 22.7 Å². The number of para-hydroxylation sites is 1. The molecular formula is C31H30N6O6S. The number of amides is 2. The number of hydrogen-bond acceptors (Lipinski definition) is 9. The number of piperazine rings is 1. The predicted molar refractivity (Wildman–Crippen MR) is 171 cm³/mol. The minimum absolute atomic E-state index is 0.0693. The second-order valence-corrected chi connectivity index (χ2v) is 10.8. The quantitative estimate of drug-likeness (QED) is 0.184. The van der Waals surface area contributed by atoms with E-state index in [1.807, 2.05) is 53.4 Å². The maximum atomic E-state index is 13.2. The highest BCUT2D eigenvalue weighted by Gasteiger charge is 2.25. The van der Waals surface area contributed by atoms with E-state index >= 15 is 0 Å². The number of fused-ring (bicyclic) bond motifs is 1. The first-order chi connectivity index (χ1) is 21.4. The molecule has 6 rings (SSSR count). The number of ether oxygens (including phenoxy) is 1. The Balaban J connectivity index is 1.04. The van der Waals surface area contributed by atoms with Crippen LogP contribution in [0.15, 0.2) is 77.2 Å². The Morgan fingerprint density at radius 3 is 2.30 bits per heavy atom. The lowest BCUT2D eigenvalue weighted by Crippen LogP contribution is -2.48. The lowest BCUT2D eigenvalue weighted by molar-refractivity contribution is -0.384. The summed E-state index contributed by atoms with van der Waals surface area (Å²) in [6, 6.07) is 21.2. The summed E-state index contributed by atoms with van der Waals surface area (Å²) in [7, 11) is 0. The van der Waals surface area contributed by atoms with Gasteiger partial charge in [0.15, 0.2) is 10.9 Å². The van der Waals surface area contributed by atoms with E-state index in [0.717, 1.165) is 11.1 Å². The Morgan fingerprint density at radius 1 is 0.864 bits per heavy atom. The van der Waals surface area contributed by atoms with Crippen LogP contribution < -0.4 is 20.4 Å². The fraction of sp³-hybridized carbons (Fsp3) is 0.258. The third-order valence-corrected chi connectivity index (χ3v) is 7.91. The van der Waals surface area contributed by atoms with E-state index < -0.39 is 10.8 Å². The van der Waals surface area contributed by atoms with Crippen molar-refractivity contribution in [1.29, 1.82) is 0 Å². The molecule has 0 spiro atoms. The first-order valence-electron chi connectivity index (χ1n) is 14.2. The number of nitro benzene ring substituents is 1. The number of morpholine rings is 1. The lowest BCUT2D eigenvalue weighted by atomic mass is 10.1. The van der Waals surface area contributed by atoms with E-state index in [0.29, 0.717) is 75.2 Å². The molecule has 44 heavy (non-hydrogen) atoms. The summed E-state index contributed by atoms with van der Waals surface area (Å²) in [6.45, 7) is 4.62. The van der Waals surface area contributed by atoms with Gasteiger partial charge in [-0.25, -0.2) is 0 Å². The van der Waals surface area contributed by atoms with Crippen LogP contribution in [0, 0.1) is 10.1 Å². The van der Waals surface area contributed by atoms with Gasteiger partial charge in [0.25, 0.3) is 17.5 Å². The van der Waals surface area contributed by atoms with Gasteiger partial charge in [0.2, 0.25) is 0 Å². The number of hydrogen-bond donors (Lipinski definition) is 2. The van der Waals surface area contributed by atoms with Gasteiger partial charge in [-0.3, -0.25) is 25.0 Å². The summed E-state index contributed by atoms with van der Waals surface area (Å²) in [5, 5.41) is 18.0. The Bertz CT molecular complexity index is 1680. The molecule has 0 bridgehead atoms. The topological polar surface area (TPSA) is 133 Å². The molecule has 2 aliphatic heterocycles. The van der Waals surface area contributed by atoms with Gasteiger partial charge < -0.3 is 29.2 Å². The average Bonchev–Trinajstić information content (AvgIpc) is 3.49. The largest absolute Gasteiger partial charge is 0.451 e. The van der Waals surface area contributed by atoms with Crippen LogP contribution in [0.2, 0.25) is 0 Å². The molecule has 3 heterocycles. The minimum atomic E-state index is -0.542. The number of nitrogens with zero attached hydrogens (tertiary/aromatic N) is 4. The van der Waals surface area contributed by atoms with E-state index in [4.69, 9.17) is 21.4 Å². The van der Waals surface area contributed by atoms with Crippen LogP contribution >= 0.6 is 12.2 Å². The zero-order chi connectivity index (χ0) is 30.6. The number of carbonyl (C=O) groups is 2. The molecule has 0 unspecified atom stereocenters. The number of rotatable bonds is 6. The standard InChI is InChI=1S/C31H30N6O6S/c38-29(25-20-24(37(40)41)9-10-26(25)35-15-17-42-18-16-35)33-31(44)32-22-5-7-23(8-6-22)34-11-13-36(14-12-34)30(39)28-19-21-3-1-2-4-27(21)43-28/h1-10,19-20H,11-18H2,(H2,32,33,38,44). The smallest absolute Gasteiger partial charge is 0.289 e. The van der Waals surface area contributed by atoms with Crippen molar-refractivity contribution in [3.05, 3.63) is 94.2 Å². The Hall–Kier alpha value is -5.01. The molecule has 2 fully saturated rings. The van der Waals surface area contributed by atoms with Gasteiger partial charge in [-0.15, -0.1) is 0 Å². The van der Waals surface area contributed by atoms with E-state index in [-0.39, 0.29) is 22.3 Å². The summed E-state index contributed by atoms with van der Waals surface area (Å²) in [6.07, 6.45) is 0. The molecule has 12 nitrogen and oxygen atoms in total. The maximum Gasteiger partial charge on any atom is 0.289 e. The summed E-state index contributed by atoms with van der Waals surface area (Å²) < 4.78 is 11.2. The first-order valence-corrected chi connectivity index (χ1v) is 14.6. The van der Waals surface area contributed by atoms with Crippen molar-refractivity contribution in [2.45, 2.75) is 0 Å². The van der Waals surface area contributed by atoms with Crippen molar-refractivity contribution >= 4 is 62.9 Å². The lowest BCUT2D eigenvalue weighted by Gasteiger charge is -2.35. The van der Waals surface area contributed by atoms with Crippen molar-refractivity contribution in [3.63, 3.8) is 0 Å². The SMILES string of the molecule is O=C(NC(=S)Nc1ccc(N2CCN(C(=O)c3cc4ccccc4o3)CC2)cc1)c1cc([N+](=O)[O-])ccc1N1CCOCC1. The molecule has 4 aromatic rings. The molecule has 0 radical (unpaired) electrons. The number of anilines is 3. The first kappa shape index (κ1) is 29.1. The number of carbonyl (C=O) groups excluding carboxylic acids is 2. The minimum Gasteiger partial charge on any atom is -0.451 e. The summed E-state index contributed by atoms with van der Waals surface area (Å²) in [5.74, 6) is -0.307. The van der Waals surface area contributed by atoms with Crippen molar-refractivity contribution in [2.24, 2.45) is 0 Å². The zero-order valence-corrected chi connectivity index (χ0v) is 24.5. The average molecular weight is 615 g/mol. The van der Waals surface area contributed by atoms with Crippen LogP contribution in [0.25, 0.3) is 11.0 Å². The highest BCUT2D eigenvalue weighted by molar-refractivity contribution is 7.80. The van der Waals surface area contributed by atoms with E-state index in [2.05, 4.69) is 15.5 Å². The van der Waals surface area contributed by atoms with Crippen molar-refractivity contribution in [1.82, 2.24) is 10.2 Å². The third-order valence-electron chi connectivity index (χ3n) is 7.71. The molecule has 1 aromatic heterocycles. The Kier molecular flexibility index (Phi) is 8.39. The van der Waals surface area contributed by atoms with Crippen LogP contribution in [0.1, 0.15) is 20.9 Å². The number of furan rings is 1. The van der Waals surface area contributed by atoms with Crippen molar-refractivity contribution in [2.75, 3.05) is 67.6 Å². The monoisotopic (exact) mass is 614 g/mol. The molecule has 13 heteroatoms. The molecule has 0 atom stereocenters. The normalized spacial score (nSPS) is 15.2. The molecule has 226 valence electrons. The molecule has 3 aromatic carbocycles. The third kappa shape index (κ3) is 6.33. The van der Waals surface area contributed by atoms with Crippen molar-refractivity contribution in [3.8, 4) is 0 Å². The summed E-state index contributed by atoms with van der Waals surface area (Å²) in [4.78, 5) is 43.0. The van der Waals surface area contributed by atoms with E-state index in [1.165, 1.54) is 12.1 Å². The van der Waals surface area contributed by atoms with Gasteiger partial charge >= 0.3 is 0 Å². The van der Waals surface area contributed by atoms with E-state index in [1.54, 1.807) is 17.0 Å². The van der Waals surface area contributed by atoms with Gasteiger partial charge in [0.05, 0.1) is 29.4 Å². The molecule has 0 aliphatic carbocycles. The highest BCUT2D eigenvalue weighted by atomic mass is 32.1. The second kappa shape index (κ2) is 12.7. The molecule has 0 saturated carbocycles.